The van der Waals surface area contributed by atoms with Gasteiger partial charge in [0.25, 0.3) is 5.91 Å². The molecule has 0 saturated heterocycles. The van der Waals surface area contributed by atoms with Gasteiger partial charge in [-0.05, 0) is 20.0 Å². The predicted octanol–water partition coefficient (Wildman–Crippen LogP) is -1.08. The van der Waals surface area contributed by atoms with Gasteiger partial charge < -0.3 is 10.1 Å². The highest BCUT2D eigenvalue weighted by Gasteiger charge is 2.15. The minimum atomic E-state index is -0.757. The van der Waals surface area contributed by atoms with Crippen molar-refractivity contribution in [1.29, 1.82) is 0 Å². The van der Waals surface area contributed by atoms with E-state index in [0.717, 1.165) is 0 Å². The molecule has 0 aliphatic heterocycles. The zero-order chi connectivity index (χ0) is 8.69. The van der Waals surface area contributed by atoms with Crippen LogP contribution in [0.15, 0.2) is 0 Å². The quantitative estimate of drug-likeness (QED) is 0.207. The summed E-state index contributed by atoms with van der Waals surface area (Å²) in [6, 6.07) is 0. The molecule has 0 aromatic heterocycles. The fourth-order valence-electron chi connectivity index (χ4n) is 0.644. The van der Waals surface area contributed by atoms with Gasteiger partial charge in [0.15, 0.2) is 0 Å². The Morgan fingerprint density at radius 1 is 1.73 bits per heavy atom. The van der Waals surface area contributed by atoms with Crippen LogP contribution in [-0.2, 0) is 9.59 Å². The van der Waals surface area contributed by atoms with E-state index in [4.69, 9.17) is 5.21 Å². The molecule has 1 atom stereocenters. The van der Waals surface area contributed by atoms with Crippen LogP contribution in [-0.4, -0.2) is 31.0 Å². The van der Waals surface area contributed by atoms with E-state index < -0.39 is 11.8 Å². The number of hydroxylamine groups is 1. The van der Waals surface area contributed by atoms with E-state index in [1.54, 1.807) is 7.05 Å². The van der Waals surface area contributed by atoms with Gasteiger partial charge >= 0.3 is 0 Å². The Morgan fingerprint density at radius 2 is 2.36 bits per heavy atom. The van der Waals surface area contributed by atoms with Gasteiger partial charge in [-0.15, -0.1) is 0 Å². The average molecular weight is 160 g/mol. The fraction of sp³-hybridized carbons (Fsp3) is 0.667. The summed E-state index contributed by atoms with van der Waals surface area (Å²) in [5, 5.41) is 10.9. The molecule has 1 unspecified atom stereocenters. The van der Waals surface area contributed by atoms with E-state index in [0.29, 0.717) is 19.3 Å². The van der Waals surface area contributed by atoms with Crippen molar-refractivity contribution >= 4 is 12.2 Å². The molecule has 0 rings (SSSR count). The Bertz CT molecular complexity index is 138. The first-order chi connectivity index (χ1) is 5.26. The van der Waals surface area contributed by atoms with Crippen molar-refractivity contribution in [2.75, 3.05) is 13.6 Å². The smallest absolute Gasteiger partial charge is 0.253 e. The minimum absolute atomic E-state index is 0.395. The molecular formula is C6H12N2O3. The normalized spacial score (nSPS) is 12.2. The molecule has 0 aliphatic rings. The van der Waals surface area contributed by atoms with Gasteiger partial charge in [0.2, 0.25) is 0 Å². The standard InChI is InChI=1S/C6H12N2O3/c1-7-3-2-5(4-9)6(10)8-11/h4-5,7,11H,2-3H2,1H3,(H,8,10). The van der Waals surface area contributed by atoms with Crippen LogP contribution < -0.4 is 10.8 Å². The van der Waals surface area contributed by atoms with Crippen LogP contribution in [0.2, 0.25) is 0 Å². The first kappa shape index (κ1) is 10.1. The van der Waals surface area contributed by atoms with Gasteiger partial charge in [0.1, 0.15) is 6.29 Å². The maximum absolute atomic E-state index is 10.6. The predicted molar refractivity (Wildman–Crippen MR) is 38.0 cm³/mol. The Kier molecular flexibility index (Phi) is 5.32. The monoisotopic (exact) mass is 160 g/mol. The van der Waals surface area contributed by atoms with Crippen LogP contribution in [0.25, 0.3) is 0 Å². The van der Waals surface area contributed by atoms with Crippen molar-refractivity contribution in [1.82, 2.24) is 10.8 Å². The molecule has 0 radical (unpaired) electrons. The van der Waals surface area contributed by atoms with Crippen molar-refractivity contribution < 1.29 is 14.8 Å². The minimum Gasteiger partial charge on any atom is -0.320 e. The Balaban J connectivity index is 3.74. The van der Waals surface area contributed by atoms with E-state index >= 15 is 0 Å². The number of nitrogens with one attached hydrogen (secondary N) is 2. The topological polar surface area (TPSA) is 78.4 Å². The highest BCUT2D eigenvalue weighted by Crippen LogP contribution is 1.96. The van der Waals surface area contributed by atoms with Crippen molar-refractivity contribution in [3.63, 3.8) is 0 Å². The Hall–Kier alpha value is -0.940. The van der Waals surface area contributed by atoms with Crippen molar-refractivity contribution in [3.8, 4) is 0 Å². The van der Waals surface area contributed by atoms with E-state index in [-0.39, 0.29) is 0 Å². The lowest BCUT2D eigenvalue weighted by molar-refractivity contribution is -0.136. The molecule has 1 amide bonds. The van der Waals surface area contributed by atoms with Crippen LogP contribution in [0.5, 0.6) is 0 Å². The van der Waals surface area contributed by atoms with Crippen molar-refractivity contribution in [2.45, 2.75) is 6.42 Å². The van der Waals surface area contributed by atoms with Gasteiger partial charge in [0, 0.05) is 0 Å². The first-order valence-corrected chi connectivity index (χ1v) is 3.30. The van der Waals surface area contributed by atoms with Crippen LogP contribution in [0.4, 0.5) is 0 Å². The molecule has 0 aromatic carbocycles. The van der Waals surface area contributed by atoms with Crippen LogP contribution in [0.1, 0.15) is 6.42 Å². The lowest BCUT2D eigenvalue weighted by Gasteiger charge is -2.05. The maximum atomic E-state index is 10.6. The van der Waals surface area contributed by atoms with Crippen LogP contribution in [0.3, 0.4) is 0 Å². The lowest BCUT2D eigenvalue weighted by atomic mass is 10.1. The molecule has 5 heteroatoms. The number of carbonyl (C=O) groups excluding carboxylic acids is 2. The molecule has 0 heterocycles. The van der Waals surface area contributed by atoms with Crippen LogP contribution >= 0.6 is 0 Å². The number of rotatable bonds is 5. The molecule has 3 N–H and O–H groups in total. The second kappa shape index (κ2) is 5.82. The summed E-state index contributed by atoms with van der Waals surface area (Å²) in [6.45, 7) is 0.566. The molecule has 64 valence electrons. The molecular weight excluding hydrogens is 148 g/mol. The molecule has 0 fully saturated rings. The fourth-order valence-corrected chi connectivity index (χ4v) is 0.644. The van der Waals surface area contributed by atoms with E-state index in [9.17, 15) is 9.59 Å². The SMILES string of the molecule is CNCCC(C=O)C(=O)NO. The summed E-state index contributed by atoms with van der Waals surface area (Å²) in [7, 11) is 1.72. The lowest BCUT2D eigenvalue weighted by Crippen LogP contribution is -2.30. The molecule has 11 heavy (non-hydrogen) atoms. The van der Waals surface area contributed by atoms with E-state index in [1.165, 1.54) is 5.48 Å². The second-order valence-electron chi connectivity index (χ2n) is 2.11. The molecule has 0 bridgehead atoms. The zero-order valence-electron chi connectivity index (χ0n) is 6.33. The summed E-state index contributed by atoms with van der Waals surface area (Å²) >= 11 is 0. The number of hydrogen-bond donors (Lipinski definition) is 3. The Labute approximate surface area is 64.7 Å². The summed E-state index contributed by atoms with van der Waals surface area (Å²) < 4.78 is 0. The maximum Gasteiger partial charge on any atom is 0.253 e. The zero-order valence-corrected chi connectivity index (χ0v) is 6.33. The van der Waals surface area contributed by atoms with Crippen molar-refractivity contribution in [3.05, 3.63) is 0 Å². The highest BCUT2D eigenvalue weighted by molar-refractivity contribution is 5.90. The van der Waals surface area contributed by atoms with Gasteiger partial charge in [-0.3, -0.25) is 10.0 Å². The Morgan fingerprint density at radius 3 is 2.73 bits per heavy atom. The third-order valence-corrected chi connectivity index (χ3v) is 1.32. The summed E-state index contributed by atoms with van der Waals surface area (Å²) in [6.07, 6.45) is 0.912. The summed E-state index contributed by atoms with van der Waals surface area (Å²) in [5.41, 5.74) is 1.43. The van der Waals surface area contributed by atoms with Gasteiger partial charge in [-0.2, -0.15) is 0 Å². The third-order valence-electron chi connectivity index (χ3n) is 1.32. The highest BCUT2D eigenvalue weighted by atomic mass is 16.5. The van der Waals surface area contributed by atoms with Crippen molar-refractivity contribution in [2.24, 2.45) is 5.92 Å². The summed E-state index contributed by atoms with van der Waals surface area (Å²) in [5.74, 6) is -1.41. The molecule has 0 saturated carbocycles. The average Bonchev–Trinajstić information content (AvgIpc) is 2.05. The second-order valence-corrected chi connectivity index (χ2v) is 2.11. The largest absolute Gasteiger partial charge is 0.320 e. The number of carbonyl (C=O) groups is 2. The van der Waals surface area contributed by atoms with Gasteiger partial charge in [0.05, 0.1) is 5.92 Å². The number of aldehydes is 1. The van der Waals surface area contributed by atoms with Gasteiger partial charge in [-0.25, -0.2) is 5.48 Å². The summed E-state index contributed by atoms with van der Waals surface area (Å²) in [4.78, 5) is 20.8. The molecule has 0 aliphatic carbocycles. The molecule has 0 aromatic rings. The molecule has 0 spiro atoms. The first-order valence-electron chi connectivity index (χ1n) is 3.30. The van der Waals surface area contributed by atoms with E-state index in [1.807, 2.05) is 0 Å². The van der Waals surface area contributed by atoms with Gasteiger partial charge in [-0.1, -0.05) is 0 Å². The molecule has 5 nitrogen and oxygen atoms in total. The van der Waals surface area contributed by atoms with Crippen LogP contribution in [0, 0.1) is 5.92 Å². The van der Waals surface area contributed by atoms with E-state index in [2.05, 4.69) is 5.32 Å². The third kappa shape index (κ3) is 3.69. The number of hydrogen-bond acceptors (Lipinski definition) is 4. The number of amides is 1.